The molecule has 0 unspecified atom stereocenters. The van der Waals surface area contributed by atoms with Crippen LogP contribution in [0.15, 0.2) is 83.8 Å². The van der Waals surface area contributed by atoms with Gasteiger partial charge in [-0.05, 0) is 54.3 Å². The minimum absolute atomic E-state index is 0.0660. The van der Waals surface area contributed by atoms with Crippen LogP contribution in [0.1, 0.15) is 36.1 Å². The lowest BCUT2D eigenvalue weighted by atomic mass is 10.1. The van der Waals surface area contributed by atoms with Crippen molar-refractivity contribution < 1.29 is 13.2 Å². The van der Waals surface area contributed by atoms with E-state index in [1.54, 1.807) is 36.4 Å². The molecule has 7 heteroatoms. The number of hydrogen-bond donors (Lipinski definition) is 2. The molecule has 0 aliphatic rings. The van der Waals surface area contributed by atoms with Gasteiger partial charge in [0.25, 0.3) is 0 Å². The molecular weight excluding hydrogens is 432 g/mol. The van der Waals surface area contributed by atoms with Gasteiger partial charge in [-0.2, -0.15) is 0 Å². The molecule has 0 saturated heterocycles. The summed E-state index contributed by atoms with van der Waals surface area (Å²) in [7, 11) is -3.59. The van der Waals surface area contributed by atoms with Gasteiger partial charge in [-0.3, -0.25) is 4.79 Å². The monoisotopic (exact) mass is 456 g/mol. The molecule has 0 radical (unpaired) electrons. The van der Waals surface area contributed by atoms with E-state index in [0.29, 0.717) is 17.9 Å². The number of sulfonamides is 1. The molecule has 0 heterocycles. The number of carbonyl (C=O) groups is 1. The molecule has 2 N–H and O–H groups in total. The zero-order chi connectivity index (χ0) is 22.3. The van der Waals surface area contributed by atoms with Crippen LogP contribution < -0.4 is 10.0 Å². The minimum Gasteiger partial charge on any atom is -0.350 e. The summed E-state index contributed by atoms with van der Waals surface area (Å²) in [4.78, 5) is 12.5. The smallest absolute Gasteiger partial charge is 0.240 e. The van der Waals surface area contributed by atoms with E-state index in [1.165, 1.54) is 0 Å². The van der Waals surface area contributed by atoms with E-state index in [-0.39, 0.29) is 23.4 Å². The Balaban J connectivity index is 1.50. The maximum atomic E-state index is 12.5. The Morgan fingerprint density at radius 3 is 2.19 bits per heavy atom. The number of amides is 1. The first-order chi connectivity index (χ1) is 14.8. The van der Waals surface area contributed by atoms with Crippen LogP contribution in [-0.4, -0.2) is 14.3 Å². The molecule has 0 spiro atoms. The van der Waals surface area contributed by atoms with Gasteiger partial charge in [-0.1, -0.05) is 66.2 Å². The lowest BCUT2D eigenvalue weighted by Crippen LogP contribution is -2.26. The standard InChI is InChI=1S/C24H25ClN2O3S/c1-18(21-10-12-22(25)13-11-21)27-24(28)16-9-19-7-14-23(15-8-19)31(29,30)26-17-20-5-3-2-4-6-20/h2-8,10-15,18,26H,9,16-17H2,1H3,(H,27,28)/t18-/m1/s1. The van der Waals surface area contributed by atoms with Crippen LogP contribution >= 0.6 is 11.6 Å². The Morgan fingerprint density at radius 2 is 1.55 bits per heavy atom. The maximum Gasteiger partial charge on any atom is 0.240 e. The van der Waals surface area contributed by atoms with E-state index in [1.807, 2.05) is 49.4 Å². The lowest BCUT2D eigenvalue weighted by molar-refractivity contribution is -0.121. The predicted octanol–water partition coefficient (Wildman–Crippen LogP) is 4.63. The molecule has 0 fully saturated rings. The predicted molar refractivity (Wildman–Crippen MR) is 123 cm³/mol. The SMILES string of the molecule is C[C@@H](NC(=O)CCc1ccc(S(=O)(=O)NCc2ccccc2)cc1)c1ccc(Cl)cc1. The Morgan fingerprint density at radius 1 is 0.903 bits per heavy atom. The molecule has 0 bridgehead atoms. The highest BCUT2D eigenvalue weighted by Crippen LogP contribution is 2.17. The third-order valence-corrected chi connectivity index (χ3v) is 6.60. The molecule has 0 aromatic heterocycles. The van der Waals surface area contributed by atoms with Gasteiger partial charge in [0.15, 0.2) is 0 Å². The molecule has 0 saturated carbocycles. The van der Waals surface area contributed by atoms with Gasteiger partial charge >= 0.3 is 0 Å². The number of carbonyl (C=O) groups excluding carboxylic acids is 1. The van der Waals surface area contributed by atoms with E-state index in [0.717, 1.165) is 16.7 Å². The summed E-state index contributed by atoms with van der Waals surface area (Å²) in [5.74, 6) is -0.0660. The first-order valence-electron chi connectivity index (χ1n) is 10.0. The van der Waals surface area contributed by atoms with Crippen LogP contribution in [-0.2, 0) is 27.8 Å². The van der Waals surface area contributed by atoms with Crippen LogP contribution in [0.3, 0.4) is 0 Å². The van der Waals surface area contributed by atoms with Gasteiger partial charge in [0.05, 0.1) is 10.9 Å². The highest BCUT2D eigenvalue weighted by molar-refractivity contribution is 7.89. The zero-order valence-corrected chi connectivity index (χ0v) is 18.8. The molecule has 3 rings (SSSR count). The zero-order valence-electron chi connectivity index (χ0n) is 17.2. The Labute approximate surface area is 188 Å². The topological polar surface area (TPSA) is 75.3 Å². The van der Waals surface area contributed by atoms with E-state index in [9.17, 15) is 13.2 Å². The van der Waals surface area contributed by atoms with Gasteiger partial charge in [-0.25, -0.2) is 13.1 Å². The van der Waals surface area contributed by atoms with Crippen LogP contribution in [0.25, 0.3) is 0 Å². The fourth-order valence-corrected chi connectivity index (χ4v) is 4.24. The molecule has 1 atom stereocenters. The molecule has 162 valence electrons. The molecule has 3 aromatic carbocycles. The molecule has 0 aliphatic carbocycles. The highest BCUT2D eigenvalue weighted by atomic mass is 35.5. The van der Waals surface area contributed by atoms with Gasteiger partial charge in [0.1, 0.15) is 0 Å². The van der Waals surface area contributed by atoms with Gasteiger partial charge in [0, 0.05) is 18.0 Å². The summed E-state index contributed by atoms with van der Waals surface area (Å²) in [6, 6.07) is 23.2. The number of hydrogen-bond acceptors (Lipinski definition) is 3. The molecule has 31 heavy (non-hydrogen) atoms. The van der Waals surface area contributed by atoms with E-state index in [4.69, 9.17) is 11.6 Å². The summed E-state index contributed by atoms with van der Waals surface area (Å²) in [5, 5.41) is 3.62. The van der Waals surface area contributed by atoms with E-state index >= 15 is 0 Å². The summed E-state index contributed by atoms with van der Waals surface area (Å²) >= 11 is 5.90. The summed E-state index contributed by atoms with van der Waals surface area (Å²) < 4.78 is 27.6. The third-order valence-electron chi connectivity index (χ3n) is 4.93. The summed E-state index contributed by atoms with van der Waals surface area (Å²) in [6.45, 7) is 2.15. The molecule has 5 nitrogen and oxygen atoms in total. The first kappa shape index (κ1) is 23.0. The second-order valence-corrected chi connectivity index (χ2v) is 9.50. The van der Waals surface area contributed by atoms with Crippen molar-refractivity contribution in [1.82, 2.24) is 10.0 Å². The summed E-state index contributed by atoms with van der Waals surface area (Å²) in [6.07, 6.45) is 0.841. The number of aryl methyl sites for hydroxylation is 1. The van der Waals surface area contributed by atoms with Crippen LogP contribution in [0, 0.1) is 0 Å². The number of benzene rings is 3. The van der Waals surface area contributed by atoms with Crippen molar-refractivity contribution in [2.24, 2.45) is 0 Å². The number of nitrogens with one attached hydrogen (secondary N) is 2. The Bertz CT molecular complexity index is 1100. The van der Waals surface area contributed by atoms with Crippen molar-refractivity contribution in [3.05, 3.63) is 101 Å². The van der Waals surface area contributed by atoms with Gasteiger partial charge in [0.2, 0.25) is 15.9 Å². The average Bonchev–Trinajstić information content (AvgIpc) is 2.78. The van der Waals surface area contributed by atoms with Gasteiger partial charge in [-0.15, -0.1) is 0 Å². The first-order valence-corrected chi connectivity index (χ1v) is 11.9. The minimum atomic E-state index is -3.59. The average molecular weight is 457 g/mol. The maximum absolute atomic E-state index is 12.5. The Kier molecular flexibility index (Phi) is 7.85. The van der Waals surface area contributed by atoms with E-state index < -0.39 is 10.0 Å². The molecule has 1 amide bonds. The van der Waals surface area contributed by atoms with E-state index in [2.05, 4.69) is 10.0 Å². The third kappa shape index (κ3) is 6.92. The quantitative estimate of drug-likeness (QED) is 0.493. The number of halogens is 1. The van der Waals surface area contributed by atoms with Crippen LogP contribution in [0.2, 0.25) is 5.02 Å². The molecule has 0 aliphatic heterocycles. The molecular formula is C24H25ClN2O3S. The second-order valence-electron chi connectivity index (χ2n) is 7.29. The van der Waals surface area contributed by atoms with Crippen molar-refractivity contribution in [2.75, 3.05) is 0 Å². The van der Waals surface area contributed by atoms with Gasteiger partial charge < -0.3 is 5.32 Å². The van der Waals surface area contributed by atoms with Crippen LogP contribution in [0.4, 0.5) is 0 Å². The number of rotatable bonds is 9. The van der Waals surface area contributed by atoms with Crippen molar-refractivity contribution >= 4 is 27.5 Å². The lowest BCUT2D eigenvalue weighted by Gasteiger charge is -2.14. The highest BCUT2D eigenvalue weighted by Gasteiger charge is 2.14. The normalized spacial score (nSPS) is 12.3. The summed E-state index contributed by atoms with van der Waals surface area (Å²) in [5.41, 5.74) is 2.77. The largest absolute Gasteiger partial charge is 0.350 e. The van der Waals surface area contributed by atoms with Crippen molar-refractivity contribution in [3.63, 3.8) is 0 Å². The van der Waals surface area contributed by atoms with Crippen molar-refractivity contribution in [2.45, 2.75) is 37.2 Å². The second kappa shape index (κ2) is 10.6. The Hall–Kier alpha value is -2.67. The van der Waals surface area contributed by atoms with Crippen molar-refractivity contribution in [1.29, 1.82) is 0 Å². The van der Waals surface area contributed by atoms with Crippen molar-refractivity contribution in [3.8, 4) is 0 Å². The van der Waals surface area contributed by atoms with Crippen LogP contribution in [0.5, 0.6) is 0 Å². The fourth-order valence-electron chi connectivity index (χ4n) is 3.10. The molecule has 3 aromatic rings. The fraction of sp³-hybridized carbons (Fsp3) is 0.208.